The number of hydrogen-bond acceptors (Lipinski definition) is 5. The molecule has 1 aliphatic rings. The average Bonchev–Trinajstić information content (AvgIpc) is 2.55. The summed E-state index contributed by atoms with van der Waals surface area (Å²) in [4.78, 5) is 25.7. The smallest absolute Gasteiger partial charge is 0.259 e. The lowest BCUT2D eigenvalue weighted by atomic mass is 10.2. The van der Waals surface area contributed by atoms with Crippen LogP contribution in [0.3, 0.4) is 0 Å². The lowest BCUT2D eigenvalue weighted by molar-refractivity contribution is 0.102. The van der Waals surface area contributed by atoms with E-state index in [4.69, 9.17) is 11.6 Å². The van der Waals surface area contributed by atoms with E-state index in [0.29, 0.717) is 27.9 Å². The lowest BCUT2D eigenvalue weighted by Gasteiger charge is -2.32. The van der Waals surface area contributed by atoms with Crippen molar-refractivity contribution in [3.63, 3.8) is 0 Å². The highest BCUT2D eigenvalue weighted by Crippen LogP contribution is 2.18. The number of nitrogens with zero attached hydrogens (tertiary/aromatic N) is 4. The quantitative estimate of drug-likeness (QED) is 0.925. The van der Waals surface area contributed by atoms with Gasteiger partial charge in [0.25, 0.3) is 5.91 Å². The van der Waals surface area contributed by atoms with Crippen molar-refractivity contribution >= 4 is 29.1 Å². The molecule has 2 heterocycles. The number of hydrogen-bond donors (Lipinski definition) is 1. The van der Waals surface area contributed by atoms with Crippen LogP contribution < -0.4 is 10.2 Å². The van der Waals surface area contributed by atoms with E-state index in [2.05, 4.69) is 32.1 Å². The third-order valence-corrected chi connectivity index (χ3v) is 4.31. The van der Waals surface area contributed by atoms with Gasteiger partial charge in [-0.15, -0.1) is 0 Å². The Morgan fingerprint density at radius 1 is 1.25 bits per heavy atom. The first kappa shape index (κ1) is 16.7. The average molecular weight is 346 g/mol. The predicted octanol–water partition coefficient (Wildman–Crippen LogP) is 2.44. The Morgan fingerprint density at radius 2 is 2.00 bits per heavy atom. The largest absolute Gasteiger partial charge is 0.338 e. The normalized spacial score (nSPS) is 15.4. The van der Waals surface area contributed by atoms with Crippen LogP contribution >= 0.6 is 11.6 Å². The van der Waals surface area contributed by atoms with Crippen LogP contribution in [0.25, 0.3) is 0 Å². The number of halogens is 1. The number of piperazine rings is 1. The summed E-state index contributed by atoms with van der Waals surface area (Å²) in [6.45, 7) is 5.58. The second-order valence-corrected chi connectivity index (χ2v) is 6.36. The third kappa shape index (κ3) is 3.83. The standard InChI is InChI=1S/C17H20ClN5O/c1-12-15(16(24)21-14-5-3-4-13(18)10-14)11-19-17(20-12)23-8-6-22(2)7-9-23/h3-5,10-11H,6-9H2,1-2H3,(H,21,24). The van der Waals surface area contributed by atoms with Crippen molar-refractivity contribution in [2.24, 2.45) is 0 Å². The van der Waals surface area contributed by atoms with Gasteiger partial charge in [-0.3, -0.25) is 4.79 Å². The van der Waals surface area contributed by atoms with Gasteiger partial charge >= 0.3 is 0 Å². The molecule has 24 heavy (non-hydrogen) atoms. The van der Waals surface area contributed by atoms with E-state index >= 15 is 0 Å². The minimum atomic E-state index is -0.236. The molecule has 1 N–H and O–H groups in total. The van der Waals surface area contributed by atoms with Gasteiger partial charge in [0.1, 0.15) is 0 Å². The van der Waals surface area contributed by atoms with Crippen LogP contribution in [0.2, 0.25) is 5.02 Å². The van der Waals surface area contributed by atoms with E-state index in [1.54, 1.807) is 30.5 Å². The van der Waals surface area contributed by atoms with Crippen LogP contribution in [0.4, 0.5) is 11.6 Å². The highest BCUT2D eigenvalue weighted by atomic mass is 35.5. The fraction of sp³-hybridized carbons (Fsp3) is 0.353. The summed E-state index contributed by atoms with van der Waals surface area (Å²) >= 11 is 5.94. The molecule has 1 fully saturated rings. The van der Waals surface area contributed by atoms with Gasteiger partial charge in [-0.05, 0) is 32.2 Å². The molecule has 0 saturated carbocycles. The molecule has 0 atom stereocenters. The lowest BCUT2D eigenvalue weighted by Crippen LogP contribution is -2.45. The number of aromatic nitrogens is 2. The van der Waals surface area contributed by atoms with Crippen molar-refractivity contribution in [1.82, 2.24) is 14.9 Å². The number of carbonyl (C=O) groups is 1. The van der Waals surface area contributed by atoms with Crippen molar-refractivity contribution < 1.29 is 4.79 Å². The van der Waals surface area contributed by atoms with Crippen LogP contribution in [0.15, 0.2) is 30.5 Å². The highest BCUT2D eigenvalue weighted by Gasteiger charge is 2.18. The fourth-order valence-corrected chi connectivity index (χ4v) is 2.79. The van der Waals surface area contributed by atoms with E-state index in [-0.39, 0.29) is 5.91 Å². The number of likely N-dealkylation sites (N-methyl/N-ethyl adjacent to an activating group) is 1. The molecule has 7 heteroatoms. The highest BCUT2D eigenvalue weighted by molar-refractivity contribution is 6.30. The van der Waals surface area contributed by atoms with E-state index in [1.165, 1.54) is 0 Å². The van der Waals surface area contributed by atoms with E-state index in [0.717, 1.165) is 26.2 Å². The molecule has 0 unspecified atom stereocenters. The first-order valence-corrected chi connectivity index (χ1v) is 8.25. The molecule has 0 radical (unpaired) electrons. The zero-order valence-corrected chi connectivity index (χ0v) is 14.5. The Balaban J connectivity index is 1.73. The first-order chi connectivity index (χ1) is 11.5. The Labute approximate surface area is 146 Å². The minimum absolute atomic E-state index is 0.236. The fourth-order valence-electron chi connectivity index (χ4n) is 2.60. The van der Waals surface area contributed by atoms with Crippen LogP contribution in [0, 0.1) is 6.92 Å². The molecule has 2 aromatic rings. The summed E-state index contributed by atoms with van der Waals surface area (Å²) in [7, 11) is 2.10. The van der Waals surface area contributed by atoms with Gasteiger partial charge in [-0.1, -0.05) is 17.7 Å². The first-order valence-electron chi connectivity index (χ1n) is 7.87. The van der Waals surface area contributed by atoms with Crippen molar-refractivity contribution in [2.45, 2.75) is 6.92 Å². The van der Waals surface area contributed by atoms with Crippen molar-refractivity contribution in [3.8, 4) is 0 Å². The van der Waals surface area contributed by atoms with Crippen molar-refractivity contribution in [2.75, 3.05) is 43.4 Å². The monoisotopic (exact) mass is 345 g/mol. The van der Waals surface area contributed by atoms with Gasteiger partial charge in [0.15, 0.2) is 0 Å². The van der Waals surface area contributed by atoms with Crippen molar-refractivity contribution in [3.05, 3.63) is 46.7 Å². The number of benzene rings is 1. The Bertz CT molecular complexity index is 744. The second kappa shape index (κ2) is 7.15. The number of nitrogens with one attached hydrogen (secondary N) is 1. The van der Waals surface area contributed by atoms with Gasteiger partial charge in [-0.25, -0.2) is 9.97 Å². The zero-order chi connectivity index (χ0) is 17.1. The molecular weight excluding hydrogens is 326 g/mol. The van der Waals surface area contributed by atoms with Crippen LogP contribution in [0.5, 0.6) is 0 Å². The maximum Gasteiger partial charge on any atom is 0.259 e. The van der Waals surface area contributed by atoms with Crippen LogP contribution in [0.1, 0.15) is 16.1 Å². The van der Waals surface area contributed by atoms with Gasteiger partial charge in [0, 0.05) is 43.1 Å². The zero-order valence-electron chi connectivity index (χ0n) is 13.8. The summed E-state index contributed by atoms with van der Waals surface area (Å²) < 4.78 is 0. The van der Waals surface area contributed by atoms with Crippen molar-refractivity contribution in [1.29, 1.82) is 0 Å². The summed E-state index contributed by atoms with van der Waals surface area (Å²) in [5.74, 6) is 0.444. The summed E-state index contributed by atoms with van der Waals surface area (Å²) in [6, 6.07) is 7.04. The molecule has 1 aliphatic heterocycles. The van der Waals surface area contributed by atoms with Gasteiger partial charge < -0.3 is 15.1 Å². The molecule has 3 rings (SSSR count). The molecule has 1 saturated heterocycles. The molecule has 0 spiro atoms. The van der Waals surface area contributed by atoms with E-state index in [9.17, 15) is 4.79 Å². The Morgan fingerprint density at radius 3 is 2.67 bits per heavy atom. The maximum atomic E-state index is 12.4. The summed E-state index contributed by atoms with van der Waals surface area (Å²) in [5, 5.41) is 3.40. The topological polar surface area (TPSA) is 61.4 Å². The molecular formula is C17H20ClN5O. The van der Waals surface area contributed by atoms with E-state index in [1.807, 2.05) is 6.92 Å². The summed E-state index contributed by atoms with van der Waals surface area (Å²) in [6.07, 6.45) is 1.59. The Kier molecular flexibility index (Phi) is 4.97. The minimum Gasteiger partial charge on any atom is -0.338 e. The number of rotatable bonds is 3. The third-order valence-electron chi connectivity index (χ3n) is 4.08. The molecule has 1 aromatic carbocycles. The summed E-state index contributed by atoms with van der Waals surface area (Å²) in [5.41, 5.74) is 1.78. The number of amides is 1. The van der Waals surface area contributed by atoms with Crippen LogP contribution in [-0.2, 0) is 0 Å². The van der Waals surface area contributed by atoms with Crippen LogP contribution in [-0.4, -0.2) is 54.0 Å². The molecule has 0 bridgehead atoms. The molecule has 126 valence electrons. The van der Waals surface area contributed by atoms with E-state index < -0.39 is 0 Å². The second-order valence-electron chi connectivity index (χ2n) is 5.92. The number of anilines is 2. The molecule has 0 aliphatic carbocycles. The number of aryl methyl sites for hydroxylation is 1. The molecule has 1 amide bonds. The SMILES string of the molecule is Cc1nc(N2CCN(C)CC2)ncc1C(=O)Nc1cccc(Cl)c1. The molecule has 1 aromatic heterocycles. The van der Waals surface area contributed by atoms with Gasteiger partial charge in [0.2, 0.25) is 5.95 Å². The predicted molar refractivity (Wildman–Crippen MR) is 95.9 cm³/mol. The van der Waals surface area contributed by atoms with Gasteiger partial charge in [-0.2, -0.15) is 0 Å². The molecule has 6 nitrogen and oxygen atoms in total. The van der Waals surface area contributed by atoms with Gasteiger partial charge in [0.05, 0.1) is 11.3 Å². The Hall–Kier alpha value is -2.18. The number of carbonyl (C=O) groups excluding carboxylic acids is 1. The maximum absolute atomic E-state index is 12.4.